The van der Waals surface area contributed by atoms with Crippen molar-refractivity contribution in [3.8, 4) is 0 Å². The van der Waals surface area contributed by atoms with Gasteiger partial charge < -0.3 is 10.5 Å². The van der Waals surface area contributed by atoms with Gasteiger partial charge in [-0.1, -0.05) is 0 Å². The van der Waals surface area contributed by atoms with Crippen LogP contribution in [0.25, 0.3) is 0 Å². The van der Waals surface area contributed by atoms with Crippen molar-refractivity contribution in [2.45, 2.75) is 26.3 Å². The van der Waals surface area contributed by atoms with Crippen LogP contribution >= 0.6 is 0 Å². The van der Waals surface area contributed by atoms with Crippen LogP contribution in [-0.4, -0.2) is 18.4 Å². The lowest BCUT2D eigenvalue weighted by molar-refractivity contribution is -0.141. The number of nitrogens with two attached hydrogens (primary N) is 1. The monoisotopic (exact) mass is 270 g/mol. The molecule has 0 fully saturated rings. The Morgan fingerprint density at radius 1 is 1.47 bits per heavy atom. The summed E-state index contributed by atoms with van der Waals surface area (Å²) < 4.78 is 31.2. The summed E-state index contributed by atoms with van der Waals surface area (Å²) in [7, 11) is 0. The van der Waals surface area contributed by atoms with E-state index < -0.39 is 23.6 Å². The van der Waals surface area contributed by atoms with Crippen molar-refractivity contribution in [3.63, 3.8) is 0 Å². The van der Waals surface area contributed by atoms with Crippen molar-refractivity contribution in [1.29, 1.82) is 0 Å². The molecule has 104 valence electrons. The largest absolute Gasteiger partial charge is 0.466 e. The van der Waals surface area contributed by atoms with Crippen LogP contribution in [0, 0.1) is 11.6 Å². The molecule has 0 spiro atoms. The Morgan fingerprint density at radius 3 is 2.79 bits per heavy atom. The van der Waals surface area contributed by atoms with Gasteiger partial charge in [-0.25, -0.2) is 8.78 Å². The molecule has 0 heterocycles. The topological polar surface area (TPSA) is 64.7 Å². The van der Waals surface area contributed by atoms with Crippen LogP contribution in [0.3, 0.4) is 0 Å². The molecule has 0 saturated heterocycles. The SMILES string of the molecule is CCOC(=O)CC(N)=N[C@@H](C)c1cc(F)ccc1F. The maximum atomic E-state index is 13.5. The highest BCUT2D eigenvalue weighted by atomic mass is 19.1. The van der Waals surface area contributed by atoms with Crippen LogP contribution in [0.15, 0.2) is 23.2 Å². The molecule has 0 aliphatic rings. The highest BCUT2D eigenvalue weighted by molar-refractivity contribution is 5.96. The number of rotatable bonds is 5. The number of ether oxygens (including phenoxy) is 1. The third kappa shape index (κ3) is 4.65. The molecule has 1 aromatic rings. The van der Waals surface area contributed by atoms with Gasteiger partial charge in [-0.3, -0.25) is 9.79 Å². The number of benzene rings is 1. The predicted molar refractivity (Wildman–Crippen MR) is 67.6 cm³/mol. The van der Waals surface area contributed by atoms with E-state index in [-0.39, 0.29) is 24.4 Å². The lowest BCUT2D eigenvalue weighted by Crippen LogP contribution is -2.19. The summed E-state index contributed by atoms with van der Waals surface area (Å²) in [6, 6.07) is 2.43. The van der Waals surface area contributed by atoms with Crippen LogP contribution in [0.5, 0.6) is 0 Å². The number of aliphatic imine (C=N–C) groups is 1. The van der Waals surface area contributed by atoms with Crippen LogP contribution in [0.1, 0.15) is 31.9 Å². The van der Waals surface area contributed by atoms with Gasteiger partial charge in [-0.05, 0) is 32.0 Å². The van der Waals surface area contributed by atoms with Crippen molar-refractivity contribution in [1.82, 2.24) is 0 Å². The molecule has 0 aliphatic heterocycles. The van der Waals surface area contributed by atoms with Gasteiger partial charge in [0.05, 0.1) is 12.6 Å². The Labute approximate surface area is 110 Å². The fourth-order valence-electron chi connectivity index (χ4n) is 1.56. The molecule has 0 aliphatic carbocycles. The van der Waals surface area contributed by atoms with Gasteiger partial charge in [0, 0.05) is 5.56 Å². The van der Waals surface area contributed by atoms with E-state index >= 15 is 0 Å². The molecule has 1 rings (SSSR count). The minimum atomic E-state index is -0.676. The lowest BCUT2D eigenvalue weighted by Gasteiger charge is -2.10. The minimum Gasteiger partial charge on any atom is -0.466 e. The van der Waals surface area contributed by atoms with Crippen LogP contribution in [-0.2, 0) is 9.53 Å². The predicted octanol–water partition coefficient (Wildman–Crippen LogP) is 2.34. The molecular formula is C13H16F2N2O2. The summed E-state index contributed by atoms with van der Waals surface area (Å²) >= 11 is 0. The number of hydrogen-bond donors (Lipinski definition) is 1. The quantitative estimate of drug-likeness (QED) is 0.507. The first-order valence-corrected chi connectivity index (χ1v) is 5.86. The zero-order valence-corrected chi connectivity index (χ0v) is 10.8. The molecule has 6 heteroatoms. The van der Waals surface area contributed by atoms with Crippen molar-refractivity contribution < 1.29 is 18.3 Å². The molecule has 0 amide bonds. The van der Waals surface area contributed by atoms with E-state index in [1.54, 1.807) is 13.8 Å². The van der Waals surface area contributed by atoms with Crippen molar-refractivity contribution in [2.24, 2.45) is 10.7 Å². The maximum Gasteiger partial charge on any atom is 0.313 e. The number of esters is 1. The fraction of sp³-hybridized carbons (Fsp3) is 0.385. The van der Waals surface area contributed by atoms with E-state index in [2.05, 4.69) is 4.99 Å². The van der Waals surface area contributed by atoms with Gasteiger partial charge in [-0.2, -0.15) is 0 Å². The third-order valence-corrected chi connectivity index (χ3v) is 2.40. The Bertz CT molecular complexity index is 490. The average molecular weight is 270 g/mol. The summed E-state index contributed by atoms with van der Waals surface area (Å²) in [6.07, 6.45) is -0.172. The average Bonchev–Trinajstić information content (AvgIpc) is 2.32. The number of carbonyl (C=O) groups excluding carboxylic acids is 1. The molecule has 0 aromatic heterocycles. The fourth-order valence-corrected chi connectivity index (χ4v) is 1.56. The van der Waals surface area contributed by atoms with Crippen molar-refractivity contribution in [2.75, 3.05) is 6.61 Å². The van der Waals surface area contributed by atoms with Gasteiger partial charge in [-0.15, -0.1) is 0 Å². The highest BCUT2D eigenvalue weighted by Crippen LogP contribution is 2.21. The van der Waals surface area contributed by atoms with Gasteiger partial charge in [0.15, 0.2) is 0 Å². The summed E-state index contributed by atoms with van der Waals surface area (Å²) in [5.41, 5.74) is 5.65. The molecule has 0 saturated carbocycles. The Morgan fingerprint density at radius 2 is 2.16 bits per heavy atom. The summed E-state index contributed by atoms with van der Waals surface area (Å²) in [6.45, 7) is 3.49. The Kier molecular flexibility index (Phi) is 5.41. The van der Waals surface area contributed by atoms with E-state index in [9.17, 15) is 13.6 Å². The summed E-state index contributed by atoms with van der Waals surface area (Å²) in [5, 5.41) is 0. The first-order valence-electron chi connectivity index (χ1n) is 5.86. The molecule has 4 nitrogen and oxygen atoms in total. The zero-order chi connectivity index (χ0) is 14.4. The van der Waals surface area contributed by atoms with E-state index in [1.165, 1.54) is 0 Å². The summed E-state index contributed by atoms with van der Waals surface area (Å²) in [5.74, 6) is -1.60. The van der Waals surface area contributed by atoms with Crippen LogP contribution < -0.4 is 5.73 Å². The molecule has 1 atom stereocenters. The van der Waals surface area contributed by atoms with Crippen LogP contribution in [0.2, 0.25) is 0 Å². The maximum absolute atomic E-state index is 13.5. The van der Waals surface area contributed by atoms with Crippen molar-refractivity contribution >= 4 is 11.8 Å². The standard InChI is InChI=1S/C13H16F2N2O2/c1-3-19-13(18)7-12(16)17-8(2)10-6-9(14)4-5-11(10)15/h4-6,8H,3,7H2,1-2H3,(H2,16,17)/t8-/m0/s1. The third-order valence-electron chi connectivity index (χ3n) is 2.40. The number of halogens is 2. The first-order chi connectivity index (χ1) is 8.93. The molecule has 0 bridgehead atoms. The molecule has 19 heavy (non-hydrogen) atoms. The van der Waals surface area contributed by atoms with Gasteiger partial charge >= 0.3 is 5.97 Å². The van der Waals surface area contributed by atoms with Gasteiger partial charge in [0.25, 0.3) is 0 Å². The zero-order valence-electron chi connectivity index (χ0n) is 10.8. The number of nitrogens with zero attached hydrogens (tertiary/aromatic N) is 1. The van der Waals surface area contributed by atoms with Gasteiger partial charge in [0.2, 0.25) is 0 Å². The van der Waals surface area contributed by atoms with Crippen molar-refractivity contribution in [3.05, 3.63) is 35.4 Å². The second kappa shape index (κ2) is 6.82. The normalized spacial score (nSPS) is 13.2. The van der Waals surface area contributed by atoms with E-state index in [0.717, 1.165) is 18.2 Å². The van der Waals surface area contributed by atoms with Gasteiger partial charge in [0.1, 0.15) is 23.9 Å². The smallest absolute Gasteiger partial charge is 0.313 e. The number of hydrogen-bond acceptors (Lipinski definition) is 3. The second-order valence-electron chi connectivity index (χ2n) is 3.94. The lowest BCUT2D eigenvalue weighted by atomic mass is 10.1. The minimum absolute atomic E-state index is 0.0228. The molecule has 1 aromatic carbocycles. The molecule has 2 N–H and O–H groups in total. The Balaban J connectivity index is 2.79. The number of carbonyl (C=O) groups is 1. The Hall–Kier alpha value is -1.98. The second-order valence-corrected chi connectivity index (χ2v) is 3.94. The van der Waals surface area contributed by atoms with E-state index in [4.69, 9.17) is 10.5 Å². The molecule has 0 radical (unpaired) electrons. The van der Waals surface area contributed by atoms with Crippen LogP contribution in [0.4, 0.5) is 8.78 Å². The van der Waals surface area contributed by atoms with E-state index in [0.29, 0.717) is 0 Å². The molecular weight excluding hydrogens is 254 g/mol. The molecule has 0 unspecified atom stereocenters. The first kappa shape index (κ1) is 15.1. The summed E-state index contributed by atoms with van der Waals surface area (Å²) in [4.78, 5) is 15.1. The number of amidine groups is 1. The highest BCUT2D eigenvalue weighted by Gasteiger charge is 2.13. The van der Waals surface area contributed by atoms with E-state index in [1.807, 2.05) is 0 Å².